The average molecular weight is 485 g/mol. The molecule has 0 atom stereocenters. The summed E-state index contributed by atoms with van der Waals surface area (Å²) in [6, 6.07) is 19.4. The van der Waals surface area contributed by atoms with Gasteiger partial charge in [-0.2, -0.15) is 0 Å². The minimum Gasteiger partial charge on any atom is -0.368 e. The molecular weight excluding hydrogens is 460 g/mol. The fraction of sp³-hybridized carbons (Fsp3) is 0.217. The third-order valence-electron chi connectivity index (χ3n) is 5.29. The number of benzene rings is 2. The third-order valence-corrected chi connectivity index (χ3v) is 8.07. The van der Waals surface area contributed by atoms with E-state index in [0.717, 1.165) is 30.1 Å². The highest BCUT2D eigenvalue weighted by atomic mass is 32.2. The second kappa shape index (κ2) is 10.1. The van der Waals surface area contributed by atoms with Gasteiger partial charge in [0.25, 0.3) is 15.9 Å². The maximum Gasteiger partial charge on any atom is 0.271 e. The number of piperazine rings is 1. The number of sulfonamides is 1. The van der Waals surface area contributed by atoms with E-state index >= 15 is 0 Å². The zero-order valence-corrected chi connectivity index (χ0v) is 19.4. The SMILES string of the molecule is O=C(NCC(=O)N1CCN(c2ccccc2)CC1)c1cccc(NS(=O)(=O)c2cccs2)c1. The Morgan fingerprint density at radius 3 is 2.36 bits per heavy atom. The van der Waals surface area contributed by atoms with Crippen LogP contribution in [0, 0.1) is 0 Å². The lowest BCUT2D eigenvalue weighted by Crippen LogP contribution is -2.51. The largest absolute Gasteiger partial charge is 0.368 e. The molecule has 2 amide bonds. The van der Waals surface area contributed by atoms with Crippen molar-refractivity contribution in [2.75, 3.05) is 42.3 Å². The van der Waals surface area contributed by atoms with Gasteiger partial charge >= 0.3 is 0 Å². The number of hydrogen-bond donors (Lipinski definition) is 2. The molecule has 1 fully saturated rings. The van der Waals surface area contributed by atoms with Gasteiger partial charge in [-0.15, -0.1) is 11.3 Å². The van der Waals surface area contributed by atoms with Crippen LogP contribution >= 0.6 is 11.3 Å². The molecule has 2 aromatic carbocycles. The smallest absolute Gasteiger partial charge is 0.271 e. The standard InChI is InChI=1S/C23H24N4O4S2/c28-21(27-13-11-26(12-14-27)20-8-2-1-3-9-20)17-24-23(29)18-6-4-7-19(16-18)25-33(30,31)22-10-5-15-32-22/h1-10,15-16,25H,11-14,17H2,(H,24,29). The van der Waals surface area contributed by atoms with Crippen LogP contribution in [0.3, 0.4) is 0 Å². The Balaban J connectivity index is 1.29. The van der Waals surface area contributed by atoms with Crippen LogP contribution in [0.15, 0.2) is 76.3 Å². The molecule has 33 heavy (non-hydrogen) atoms. The zero-order valence-electron chi connectivity index (χ0n) is 17.8. The number of thiophene rings is 1. The molecule has 2 heterocycles. The van der Waals surface area contributed by atoms with E-state index in [-0.39, 0.29) is 27.9 Å². The van der Waals surface area contributed by atoms with Crippen LogP contribution in [-0.2, 0) is 14.8 Å². The van der Waals surface area contributed by atoms with E-state index in [0.29, 0.717) is 13.1 Å². The normalized spacial score (nSPS) is 14.1. The van der Waals surface area contributed by atoms with E-state index in [2.05, 4.69) is 14.9 Å². The van der Waals surface area contributed by atoms with Gasteiger partial charge in [0.05, 0.1) is 6.54 Å². The van der Waals surface area contributed by atoms with Crippen molar-refractivity contribution >= 4 is 44.5 Å². The Hall–Kier alpha value is -3.37. The Bertz CT molecular complexity index is 1210. The highest BCUT2D eigenvalue weighted by Crippen LogP contribution is 2.21. The highest BCUT2D eigenvalue weighted by molar-refractivity contribution is 7.94. The molecule has 4 rings (SSSR count). The first kappa shape index (κ1) is 22.8. The number of rotatable bonds is 7. The summed E-state index contributed by atoms with van der Waals surface area (Å²) in [4.78, 5) is 29.1. The van der Waals surface area contributed by atoms with Crippen LogP contribution in [0.25, 0.3) is 0 Å². The predicted octanol–water partition coefficient (Wildman–Crippen LogP) is 2.63. The van der Waals surface area contributed by atoms with Crippen LogP contribution < -0.4 is 14.9 Å². The second-order valence-corrected chi connectivity index (χ2v) is 10.4. The van der Waals surface area contributed by atoms with E-state index in [1.54, 1.807) is 34.5 Å². The van der Waals surface area contributed by atoms with Crippen LogP contribution in [0.2, 0.25) is 0 Å². The van der Waals surface area contributed by atoms with Crippen molar-refractivity contribution in [2.24, 2.45) is 0 Å². The number of anilines is 2. The van der Waals surface area contributed by atoms with Gasteiger partial charge in [0.15, 0.2) is 0 Å². The first-order valence-electron chi connectivity index (χ1n) is 10.4. The molecule has 0 unspecified atom stereocenters. The molecule has 1 saturated heterocycles. The lowest BCUT2D eigenvalue weighted by atomic mass is 10.2. The van der Waals surface area contributed by atoms with Crippen molar-refractivity contribution in [3.63, 3.8) is 0 Å². The van der Waals surface area contributed by atoms with Crippen molar-refractivity contribution in [1.82, 2.24) is 10.2 Å². The van der Waals surface area contributed by atoms with Gasteiger partial charge in [-0.25, -0.2) is 8.42 Å². The molecule has 1 aliphatic rings. The molecule has 10 heteroatoms. The summed E-state index contributed by atoms with van der Waals surface area (Å²) in [7, 11) is -3.71. The monoisotopic (exact) mass is 484 g/mol. The average Bonchev–Trinajstić information content (AvgIpc) is 3.39. The molecule has 172 valence electrons. The third kappa shape index (κ3) is 5.71. The molecule has 0 spiro atoms. The summed E-state index contributed by atoms with van der Waals surface area (Å²) in [5.74, 6) is -0.589. The first-order valence-corrected chi connectivity index (χ1v) is 12.8. The molecule has 0 saturated carbocycles. The molecule has 3 aromatic rings. The second-order valence-electron chi connectivity index (χ2n) is 7.50. The van der Waals surface area contributed by atoms with Crippen LogP contribution in [0.5, 0.6) is 0 Å². The lowest BCUT2D eigenvalue weighted by molar-refractivity contribution is -0.130. The number of nitrogens with one attached hydrogen (secondary N) is 2. The summed E-state index contributed by atoms with van der Waals surface area (Å²) in [6.07, 6.45) is 0. The number of hydrogen-bond acceptors (Lipinski definition) is 6. The van der Waals surface area contributed by atoms with Gasteiger partial charge in [0.1, 0.15) is 4.21 Å². The molecule has 1 aromatic heterocycles. The Morgan fingerprint density at radius 1 is 0.909 bits per heavy atom. The molecule has 0 radical (unpaired) electrons. The summed E-state index contributed by atoms with van der Waals surface area (Å²) in [5, 5.41) is 4.32. The van der Waals surface area contributed by atoms with Crippen molar-refractivity contribution < 1.29 is 18.0 Å². The zero-order chi connectivity index (χ0) is 23.3. The molecular formula is C23H24N4O4S2. The number of nitrogens with zero attached hydrogens (tertiary/aromatic N) is 2. The quantitative estimate of drug-likeness (QED) is 0.537. The van der Waals surface area contributed by atoms with E-state index in [4.69, 9.17) is 0 Å². The van der Waals surface area contributed by atoms with Crippen molar-refractivity contribution in [3.05, 3.63) is 77.7 Å². The van der Waals surface area contributed by atoms with Crippen molar-refractivity contribution in [3.8, 4) is 0 Å². The molecule has 8 nitrogen and oxygen atoms in total. The Kier molecular flexibility index (Phi) is 6.95. The predicted molar refractivity (Wildman–Crippen MR) is 129 cm³/mol. The number of carbonyl (C=O) groups excluding carboxylic acids is 2. The molecule has 0 bridgehead atoms. The number of amides is 2. The molecule has 0 aliphatic carbocycles. The van der Waals surface area contributed by atoms with Crippen molar-refractivity contribution in [2.45, 2.75) is 4.21 Å². The molecule has 1 aliphatic heterocycles. The van der Waals surface area contributed by atoms with Gasteiger partial charge in [-0.3, -0.25) is 14.3 Å². The number of para-hydroxylation sites is 1. The minimum absolute atomic E-state index is 0.116. The maximum atomic E-state index is 12.6. The van der Waals surface area contributed by atoms with E-state index in [9.17, 15) is 18.0 Å². The first-order chi connectivity index (χ1) is 15.9. The van der Waals surface area contributed by atoms with Gasteiger partial charge in [0.2, 0.25) is 5.91 Å². The summed E-state index contributed by atoms with van der Waals surface area (Å²) >= 11 is 1.11. The van der Waals surface area contributed by atoms with Gasteiger partial charge in [-0.05, 0) is 41.8 Å². The highest BCUT2D eigenvalue weighted by Gasteiger charge is 2.22. The van der Waals surface area contributed by atoms with Crippen molar-refractivity contribution in [1.29, 1.82) is 0 Å². The fourth-order valence-corrected chi connectivity index (χ4v) is 5.61. The van der Waals surface area contributed by atoms with Crippen LogP contribution in [-0.4, -0.2) is 57.9 Å². The van der Waals surface area contributed by atoms with Crippen LogP contribution in [0.4, 0.5) is 11.4 Å². The van der Waals surface area contributed by atoms with E-state index < -0.39 is 15.9 Å². The topological polar surface area (TPSA) is 98.8 Å². The summed E-state index contributed by atoms with van der Waals surface area (Å²) in [5.41, 5.74) is 1.68. The van der Waals surface area contributed by atoms with Gasteiger partial charge < -0.3 is 15.1 Å². The van der Waals surface area contributed by atoms with E-state index in [1.165, 1.54) is 12.1 Å². The minimum atomic E-state index is -3.71. The summed E-state index contributed by atoms with van der Waals surface area (Å²) in [6.45, 7) is 2.52. The van der Waals surface area contributed by atoms with Gasteiger partial charge in [-0.1, -0.05) is 30.3 Å². The van der Waals surface area contributed by atoms with Crippen LogP contribution in [0.1, 0.15) is 10.4 Å². The van der Waals surface area contributed by atoms with Gasteiger partial charge in [0, 0.05) is 43.1 Å². The summed E-state index contributed by atoms with van der Waals surface area (Å²) < 4.78 is 27.4. The Labute approximate surface area is 196 Å². The number of carbonyl (C=O) groups is 2. The maximum absolute atomic E-state index is 12.6. The fourth-order valence-electron chi connectivity index (χ4n) is 3.57. The Morgan fingerprint density at radius 2 is 1.67 bits per heavy atom. The lowest BCUT2D eigenvalue weighted by Gasteiger charge is -2.36. The van der Waals surface area contributed by atoms with E-state index in [1.807, 2.05) is 30.3 Å². The molecule has 2 N–H and O–H groups in total.